The summed E-state index contributed by atoms with van der Waals surface area (Å²) in [7, 11) is 1.28. The minimum atomic E-state index is -2.26. The van der Waals surface area contributed by atoms with Crippen LogP contribution in [-0.2, 0) is 18.9 Å². The van der Waals surface area contributed by atoms with Gasteiger partial charge in [-0.15, -0.1) is 0 Å². The molecule has 8 nitrogen and oxygen atoms in total. The van der Waals surface area contributed by atoms with Crippen LogP contribution in [0.15, 0.2) is 0 Å². The summed E-state index contributed by atoms with van der Waals surface area (Å²) in [5.74, 6) is -4.24. The van der Waals surface area contributed by atoms with E-state index in [1.165, 1.54) is 32.8 Å². The molecule has 0 aromatic rings. The van der Waals surface area contributed by atoms with E-state index in [0.29, 0.717) is 6.42 Å². The van der Waals surface area contributed by atoms with Crippen LogP contribution in [0.25, 0.3) is 0 Å². The van der Waals surface area contributed by atoms with Crippen molar-refractivity contribution in [3.8, 4) is 0 Å². The molecule has 1 heterocycles. The first-order valence-corrected chi connectivity index (χ1v) is 12.1. The SMILES string of the molecule is CCCCCCCCO[C@]1(OC)OC(CO)[C@](O)(OCCCCCCCC)[C@H](O)[C@@H]1O. The molecule has 0 aliphatic carbocycles. The van der Waals surface area contributed by atoms with Crippen molar-refractivity contribution in [2.24, 2.45) is 0 Å². The zero-order valence-electron chi connectivity index (χ0n) is 19.8. The average Bonchev–Trinajstić information content (AvgIpc) is 2.78. The van der Waals surface area contributed by atoms with E-state index in [1.54, 1.807) is 0 Å². The number of hydrogen-bond acceptors (Lipinski definition) is 8. The fraction of sp³-hybridized carbons (Fsp3) is 1.00. The van der Waals surface area contributed by atoms with Crippen LogP contribution in [0.4, 0.5) is 0 Å². The van der Waals surface area contributed by atoms with Gasteiger partial charge in [0, 0.05) is 7.11 Å². The van der Waals surface area contributed by atoms with Crippen molar-refractivity contribution in [2.45, 2.75) is 121 Å². The topological polar surface area (TPSA) is 118 Å². The van der Waals surface area contributed by atoms with Gasteiger partial charge in [0.05, 0.1) is 19.8 Å². The summed E-state index contributed by atoms with van der Waals surface area (Å²) >= 11 is 0. The lowest BCUT2D eigenvalue weighted by molar-refractivity contribution is -0.494. The number of aliphatic hydroxyl groups excluding tert-OH is 3. The van der Waals surface area contributed by atoms with Gasteiger partial charge in [0.1, 0.15) is 12.2 Å². The fourth-order valence-corrected chi connectivity index (χ4v) is 3.87. The van der Waals surface area contributed by atoms with E-state index in [4.69, 9.17) is 18.9 Å². The van der Waals surface area contributed by atoms with Crippen LogP contribution in [0.3, 0.4) is 0 Å². The summed E-state index contributed by atoms with van der Waals surface area (Å²) in [5.41, 5.74) is 0. The minimum absolute atomic E-state index is 0.171. The second-order valence-electron chi connectivity index (χ2n) is 8.47. The Morgan fingerprint density at radius 3 is 1.71 bits per heavy atom. The highest BCUT2D eigenvalue weighted by atomic mass is 16.9. The van der Waals surface area contributed by atoms with Gasteiger partial charge in [0.25, 0.3) is 0 Å². The average molecular weight is 451 g/mol. The molecular formula is C23H46O8. The van der Waals surface area contributed by atoms with Crippen molar-refractivity contribution >= 4 is 0 Å². The Morgan fingerprint density at radius 2 is 1.23 bits per heavy atom. The van der Waals surface area contributed by atoms with E-state index in [0.717, 1.165) is 44.9 Å². The number of rotatable bonds is 18. The largest absolute Gasteiger partial charge is 0.393 e. The third-order valence-electron chi connectivity index (χ3n) is 5.94. The molecule has 1 aliphatic rings. The van der Waals surface area contributed by atoms with E-state index >= 15 is 0 Å². The minimum Gasteiger partial charge on any atom is -0.393 e. The number of methoxy groups -OCH3 is 1. The van der Waals surface area contributed by atoms with Crippen LogP contribution < -0.4 is 0 Å². The van der Waals surface area contributed by atoms with Gasteiger partial charge in [-0.05, 0) is 12.8 Å². The zero-order chi connectivity index (χ0) is 23.2. The van der Waals surface area contributed by atoms with Crippen molar-refractivity contribution in [2.75, 3.05) is 26.9 Å². The Bertz CT molecular complexity index is 447. The molecule has 1 fully saturated rings. The molecular weight excluding hydrogens is 404 g/mol. The lowest BCUT2D eigenvalue weighted by Crippen LogP contribution is -2.73. The molecule has 0 aromatic heterocycles. The maximum atomic E-state index is 10.9. The van der Waals surface area contributed by atoms with Crippen LogP contribution in [-0.4, -0.2) is 77.4 Å². The maximum absolute atomic E-state index is 10.9. The van der Waals surface area contributed by atoms with Crippen molar-refractivity contribution in [1.29, 1.82) is 0 Å². The van der Waals surface area contributed by atoms with Crippen LogP contribution in [0.2, 0.25) is 0 Å². The van der Waals surface area contributed by atoms with E-state index in [9.17, 15) is 20.4 Å². The molecule has 5 atom stereocenters. The van der Waals surface area contributed by atoms with Crippen LogP contribution in [0, 0.1) is 0 Å². The lowest BCUT2D eigenvalue weighted by Gasteiger charge is -2.51. The van der Waals surface area contributed by atoms with Crippen molar-refractivity contribution in [3.63, 3.8) is 0 Å². The third-order valence-corrected chi connectivity index (χ3v) is 5.94. The number of ether oxygens (including phenoxy) is 4. The smallest absolute Gasteiger partial charge is 0.313 e. The molecule has 4 N–H and O–H groups in total. The number of hydrogen-bond donors (Lipinski definition) is 4. The van der Waals surface area contributed by atoms with E-state index in [2.05, 4.69) is 13.8 Å². The van der Waals surface area contributed by atoms with E-state index in [1.807, 2.05) is 0 Å². The van der Waals surface area contributed by atoms with Gasteiger partial charge < -0.3 is 39.4 Å². The molecule has 0 spiro atoms. The van der Waals surface area contributed by atoms with Crippen LogP contribution in [0.5, 0.6) is 0 Å². The van der Waals surface area contributed by atoms with E-state index < -0.39 is 36.7 Å². The molecule has 186 valence electrons. The Balaban J connectivity index is 2.60. The summed E-state index contributed by atoms with van der Waals surface area (Å²) in [6.45, 7) is 4.10. The van der Waals surface area contributed by atoms with Crippen molar-refractivity contribution < 1.29 is 39.4 Å². The molecule has 0 amide bonds. The van der Waals surface area contributed by atoms with E-state index in [-0.39, 0.29) is 13.2 Å². The van der Waals surface area contributed by atoms with Gasteiger partial charge in [0.15, 0.2) is 6.10 Å². The normalized spacial score (nSPS) is 31.3. The molecule has 0 saturated carbocycles. The molecule has 0 bridgehead atoms. The van der Waals surface area contributed by atoms with Gasteiger partial charge >= 0.3 is 5.97 Å². The standard InChI is InChI=1S/C23H46O8/c1-4-6-8-10-12-14-16-29-22(27)19(18-24)31-23(28-3,21(26)20(22)25)30-17-15-13-11-9-7-5-2/h19-21,24-27H,4-18H2,1-3H3/t19?,20-,21+,22+,23+/m1/s1. The summed E-state index contributed by atoms with van der Waals surface area (Å²) in [4.78, 5) is 0. The van der Waals surface area contributed by atoms with Gasteiger partial charge in [-0.1, -0.05) is 78.1 Å². The molecule has 1 unspecified atom stereocenters. The predicted octanol–water partition coefficient (Wildman–Crippen LogP) is 2.84. The molecule has 1 saturated heterocycles. The highest BCUT2D eigenvalue weighted by Gasteiger charge is 2.63. The maximum Gasteiger partial charge on any atom is 0.313 e. The Hall–Kier alpha value is -0.320. The quantitative estimate of drug-likeness (QED) is 0.186. The summed E-state index contributed by atoms with van der Waals surface area (Å²) in [6, 6.07) is 0. The summed E-state index contributed by atoms with van der Waals surface area (Å²) in [6.07, 6.45) is 7.71. The Labute approximate surface area is 187 Å². The first-order chi connectivity index (χ1) is 14.9. The van der Waals surface area contributed by atoms with Crippen LogP contribution in [0.1, 0.15) is 90.9 Å². The Kier molecular flexibility index (Phi) is 14.4. The van der Waals surface area contributed by atoms with Gasteiger partial charge in [-0.2, -0.15) is 0 Å². The fourth-order valence-electron chi connectivity index (χ4n) is 3.87. The summed E-state index contributed by atoms with van der Waals surface area (Å²) in [5, 5.41) is 42.0. The van der Waals surface area contributed by atoms with Gasteiger partial charge in [0.2, 0.25) is 5.79 Å². The monoisotopic (exact) mass is 450 g/mol. The number of aliphatic hydroxyl groups is 4. The molecule has 0 aromatic carbocycles. The van der Waals surface area contributed by atoms with Crippen molar-refractivity contribution in [3.05, 3.63) is 0 Å². The van der Waals surface area contributed by atoms with Gasteiger partial charge in [-0.25, -0.2) is 0 Å². The van der Waals surface area contributed by atoms with Gasteiger partial charge in [-0.3, -0.25) is 0 Å². The first-order valence-electron chi connectivity index (χ1n) is 12.1. The molecule has 1 rings (SSSR count). The zero-order valence-corrected chi connectivity index (χ0v) is 19.8. The second kappa shape index (κ2) is 15.5. The number of unbranched alkanes of at least 4 members (excludes halogenated alkanes) is 10. The molecule has 31 heavy (non-hydrogen) atoms. The van der Waals surface area contributed by atoms with Crippen molar-refractivity contribution in [1.82, 2.24) is 0 Å². The predicted molar refractivity (Wildman–Crippen MR) is 117 cm³/mol. The lowest BCUT2D eigenvalue weighted by atomic mass is 9.93. The van der Waals surface area contributed by atoms with Crippen LogP contribution >= 0.6 is 0 Å². The first kappa shape index (κ1) is 28.7. The molecule has 0 radical (unpaired) electrons. The third kappa shape index (κ3) is 8.51. The molecule has 1 aliphatic heterocycles. The highest BCUT2D eigenvalue weighted by molar-refractivity contribution is 4.99. The highest BCUT2D eigenvalue weighted by Crippen LogP contribution is 2.38. The Morgan fingerprint density at radius 1 is 0.742 bits per heavy atom. The summed E-state index contributed by atoms with van der Waals surface area (Å²) < 4.78 is 22.1. The second-order valence-corrected chi connectivity index (χ2v) is 8.47. The molecule has 8 heteroatoms.